The fraction of sp³-hybridized carbons (Fsp3) is 1.00. The molecule has 0 heterocycles. The largest absolute Gasteiger partial charge is 0.391 e. The first kappa shape index (κ1) is 9.96. The average molecular weight is 172 g/mol. The number of hydrogen-bond acceptors (Lipinski definition) is 3. The van der Waals surface area contributed by atoms with Crippen molar-refractivity contribution in [3.05, 3.63) is 0 Å². The van der Waals surface area contributed by atoms with Crippen molar-refractivity contribution in [2.75, 3.05) is 0 Å². The van der Waals surface area contributed by atoms with E-state index >= 15 is 0 Å². The Labute approximate surface area is 74.3 Å². The van der Waals surface area contributed by atoms with Crippen molar-refractivity contribution in [2.24, 2.45) is 11.8 Å². The molecule has 0 aromatic rings. The molecule has 0 bridgehead atoms. The molecule has 4 N–H and O–H groups in total. The lowest BCUT2D eigenvalue weighted by Gasteiger charge is -2.33. The quantitative estimate of drug-likeness (QED) is 0.435. The van der Waals surface area contributed by atoms with Gasteiger partial charge in [0.25, 0.3) is 0 Å². The minimum absolute atomic E-state index is 0.315. The van der Waals surface area contributed by atoms with Gasteiger partial charge in [0.1, 0.15) is 0 Å². The summed E-state index contributed by atoms with van der Waals surface area (Å²) in [5.74, 6) is 5.81. The number of rotatable bonds is 3. The Morgan fingerprint density at radius 1 is 1.42 bits per heavy atom. The fourth-order valence-electron chi connectivity index (χ4n) is 1.95. The van der Waals surface area contributed by atoms with Crippen LogP contribution in [-0.4, -0.2) is 16.7 Å². The maximum atomic E-state index is 9.93. The summed E-state index contributed by atoms with van der Waals surface area (Å²) in [6.07, 6.45) is 4.48. The second kappa shape index (κ2) is 3.73. The maximum absolute atomic E-state index is 9.93. The maximum Gasteiger partial charge on any atom is 0.0757 e. The van der Waals surface area contributed by atoms with Crippen molar-refractivity contribution < 1.29 is 5.11 Å². The van der Waals surface area contributed by atoms with E-state index in [9.17, 15) is 5.11 Å². The monoisotopic (exact) mass is 172 g/mol. The summed E-state index contributed by atoms with van der Waals surface area (Å²) in [5.41, 5.74) is 2.32. The van der Waals surface area contributed by atoms with Crippen LogP contribution in [0.3, 0.4) is 0 Å². The number of aliphatic hydroxyl groups excluding tert-OH is 1. The van der Waals surface area contributed by atoms with Gasteiger partial charge in [-0.05, 0) is 32.6 Å². The summed E-state index contributed by atoms with van der Waals surface area (Å²) in [6.45, 7) is 3.88. The van der Waals surface area contributed by atoms with Crippen LogP contribution in [0.15, 0.2) is 0 Å². The Morgan fingerprint density at radius 2 is 1.92 bits per heavy atom. The zero-order valence-electron chi connectivity index (χ0n) is 8.01. The molecule has 3 nitrogen and oxygen atoms in total. The topological polar surface area (TPSA) is 58.3 Å². The Balaban J connectivity index is 2.50. The first-order chi connectivity index (χ1) is 5.58. The molecule has 1 fully saturated rings. The van der Waals surface area contributed by atoms with E-state index in [1.54, 1.807) is 0 Å². The van der Waals surface area contributed by atoms with Crippen LogP contribution < -0.4 is 11.3 Å². The first-order valence-corrected chi connectivity index (χ1v) is 4.74. The third kappa shape index (κ3) is 1.97. The summed E-state index contributed by atoms with van der Waals surface area (Å²) in [6, 6.07) is 0. The zero-order chi connectivity index (χ0) is 9.19. The molecule has 12 heavy (non-hydrogen) atoms. The second-order valence-corrected chi connectivity index (χ2v) is 4.36. The van der Waals surface area contributed by atoms with Crippen molar-refractivity contribution in [3.8, 4) is 0 Å². The van der Waals surface area contributed by atoms with Gasteiger partial charge in [-0.1, -0.05) is 12.8 Å². The number of hydrazine groups is 1. The molecule has 1 saturated carbocycles. The van der Waals surface area contributed by atoms with Gasteiger partial charge in [0, 0.05) is 0 Å². The van der Waals surface area contributed by atoms with E-state index in [1.807, 2.05) is 13.8 Å². The van der Waals surface area contributed by atoms with Crippen LogP contribution in [0.2, 0.25) is 0 Å². The number of hydrogen-bond donors (Lipinski definition) is 3. The molecule has 1 rings (SSSR count). The Hall–Kier alpha value is -0.120. The molecule has 3 heteroatoms. The first-order valence-electron chi connectivity index (χ1n) is 4.74. The SMILES string of the molecule is CC(C)(NN)C(O)C1CCCC1. The lowest BCUT2D eigenvalue weighted by atomic mass is 9.86. The van der Waals surface area contributed by atoms with Crippen molar-refractivity contribution in [2.45, 2.75) is 51.2 Å². The van der Waals surface area contributed by atoms with Gasteiger partial charge < -0.3 is 5.11 Å². The summed E-state index contributed by atoms with van der Waals surface area (Å²) in [7, 11) is 0. The van der Waals surface area contributed by atoms with Gasteiger partial charge in [-0.2, -0.15) is 0 Å². The predicted molar refractivity (Wildman–Crippen MR) is 49.4 cm³/mol. The van der Waals surface area contributed by atoms with E-state index in [2.05, 4.69) is 5.43 Å². The van der Waals surface area contributed by atoms with E-state index in [4.69, 9.17) is 5.84 Å². The molecule has 1 unspecified atom stereocenters. The summed E-state index contributed by atoms with van der Waals surface area (Å²) >= 11 is 0. The van der Waals surface area contributed by atoms with Crippen molar-refractivity contribution in [1.29, 1.82) is 0 Å². The van der Waals surface area contributed by atoms with Gasteiger partial charge in [-0.25, -0.2) is 0 Å². The van der Waals surface area contributed by atoms with Crippen LogP contribution in [0, 0.1) is 5.92 Å². The highest BCUT2D eigenvalue weighted by atomic mass is 16.3. The molecular weight excluding hydrogens is 152 g/mol. The molecule has 0 amide bonds. The molecule has 1 aliphatic rings. The van der Waals surface area contributed by atoms with Crippen LogP contribution in [0.1, 0.15) is 39.5 Å². The van der Waals surface area contributed by atoms with Crippen LogP contribution in [0.5, 0.6) is 0 Å². The lowest BCUT2D eigenvalue weighted by molar-refractivity contribution is 0.0312. The Morgan fingerprint density at radius 3 is 2.33 bits per heavy atom. The molecule has 0 spiro atoms. The average Bonchev–Trinajstić information content (AvgIpc) is 2.55. The highest BCUT2D eigenvalue weighted by Gasteiger charge is 2.34. The predicted octanol–water partition coefficient (Wildman–Crippen LogP) is 0.779. The zero-order valence-corrected chi connectivity index (χ0v) is 8.01. The summed E-state index contributed by atoms with van der Waals surface area (Å²) in [4.78, 5) is 0. The Kier molecular flexibility index (Phi) is 3.09. The lowest BCUT2D eigenvalue weighted by Crippen LogP contribution is -2.55. The minimum Gasteiger partial charge on any atom is -0.391 e. The van der Waals surface area contributed by atoms with Gasteiger partial charge in [-0.3, -0.25) is 11.3 Å². The molecule has 0 aromatic carbocycles. The summed E-state index contributed by atoms with van der Waals surface area (Å²) < 4.78 is 0. The number of nitrogens with two attached hydrogens (primary N) is 1. The molecule has 0 saturated heterocycles. The van der Waals surface area contributed by atoms with Crippen molar-refractivity contribution in [3.63, 3.8) is 0 Å². The third-order valence-corrected chi connectivity index (χ3v) is 2.96. The van der Waals surface area contributed by atoms with Crippen molar-refractivity contribution >= 4 is 0 Å². The smallest absolute Gasteiger partial charge is 0.0757 e. The van der Waals surface area contributed by atoms with E-state index in [0.29, 0.717) is 5.92 Å². The van der Waals surface area contributed by atoms with Crippen LogP contribution in [-0.2, 0) is 0 Å². The van der Waals surface area contributed by atoms with Crippen LogP contribution in [0.25, 0.3) is 0 Å². The molecular formula is C9H20N2O. The Bertz CT molecular complexity index is 141. The minimum atomic E-state index is -0.352. The van der Waals surface area contributed by atoms with E-state index < -0.39 is 0 Å². The van der Waals surface area contributed by atoms with E-state index in [-0.39, 0.29) is 11.6 Å². The standard InChI is InChI=1S/C9H20N2O/c1-9(2,11-10)8(12)7-5-3-4-6-7/h7-8,11-12H,3-6,10H2,1-2H3. The molecule has 0 aromatic heterocycles. The highest BCUT2D eigenvalue weighted by Crippen LogP contribution is 2.31. The molecule has 0 aliphatic heterocycles. The van der Waals surface area contributed by atoms with Gasteiger partial charge in [0.15, 0.2) is 0 Å². The highest BCUT2D eigenvalue weighted by molar-refractivity contribution is 4.90. The van der Waals surface area contributed by atoms with Gasteiger partial charge in [0.2, 0.25) is 0 Å². The normalized spacial score (nSPS) is 23.0. The second-order valence-electron chi connectivity index (χ2n) is 4.36. The van der Waals surface area contributed by atoms with Crippen molar-refractivity contribution in [1.82, 2.24) is 5.43 Å². The number of aliphatic hydroxyl groups is 1. The van der Waals surface area contributed by atoms with Gasteiger partial charge >= 0.3 is 0 Å². The molecule has 72 valence electrons. The number of nitrogens with one attached hydrogen (secondary N) is 1. The molecule has 1 aliphatic carbocycles. The fourth-order valence-corrected chi connectivity index (χ4v) is 1.95. The van der Waals surface area contributed by atoms with E-state index in [1.165, 1.54) is 12.8 Å². The van der Waals surface area contributed by atoms with Gasteiger partial charge in [-0.15, -0.1) is 0 Å². The van der Waals surface area contributed by atoms with Crippen LogP contribution >= 0.6 is 0 Å². The van der Waals surface area contributed by atoms with Crippen LogP contribution in [0.4, 0.5) is 0 Å². The van der Waals surface area contributed by atoms with Gasteiger partial charge in [0.05, 0.1) is 11.6 Å². The molecule has 0 radical (unpaired) electrons. The van der Waals surface area contributed by atoms with E-state index in [0.717, 1.165) is 12.8 Å². The third-order valence-electron chi connectivity index (χ3n) is 2.96. The molecule has 1 atom stereocenters. The summed E-state index contributed by atoms with van der Waals surface area (Å²) in [5, 5.41) is 9.93.